The normalized spacial score (nSPS) is 28.0. The topological polar surface area (TPSA) is 89.9 Å². The molecule has 1 unspecified atom stereocenters. The predicted molar refractivity (Wildman–Crippen MR) is 81.8 cm³/mol. The Morgan fingerprint density at radius 2 is 2.23 bits per heavy atom. The molecule has 2 aliphatic rings. The first kappa shape index (κ1) is 14.8. The molecule has 2 heterocycles. The van der Waals surface area contributed by atoms with Gasteiger partial charge >= 0.3 is 0 Å². The fourth-order valence-electron chi connectivity index (χ4n) is 3.56. The minimum Gasteiger partial charge on any atom is -0.370 e. The van der Waals surface area contributed by atoms with Gasteiger partial charge in [0.2, 0.25) is 11.9 Å². The van der Waals surface area contributed by atoms with E-state index in [4.69, 9.17) is 12.2 Å². The highest BCUT2D eigenvalue weighted by Gasteiger charge is 2.35. The number of nitrogens with two attached hydrogens (primary N) is 1. The minimum atomic E-state index is -0.228. The number of nitrogens with zero attached hydrogens (tertiary/aromatic N) is 5. The van der Waals surface area contributed by atoms with Gasteiger partial charge in [-0.2, -0.15) is 0 Å². The van der Waals surface area contributed by atoms with Crippen molar-refractivity contribution in [2.24, 2.45) is 17.6 Å². The van der Waals surface area contributed by atoms with E-state index in [1.165, 1.54) is 6.42 Å². The summed E-state index contributed by atoms with van der Waals surface area (Å²) in [5.41, 5.74) is 5.25. The number of hydrogen-bond donors (Lipinski definition) is 1. The van der Waals surface area contributed by atoms with Crippen LogP contribution in [-0.2, 0) is 4.79 Å². The van der Waals surface area contributed by atoms with Crippen molar-refractivity contribution in [2.45, 2.75) is 44.6 Å². The van der Waals surface area contributed by atoms with Crippen LogP contribution in [0.3, 0.4) is 0 Å². The Kier molecular flexibility index (Phi) is 4.27. The Bertz CT molecular complexity index is 571. The quantitative estimate of drug-likeness (QED) is 0.810. The Labute approximate surface area is 130 Å². The van der Waals surface area contributed by atoms with Gasteiger partial charge in [-0.15, -0.1) is 12.3 Å². The number of hydrogen-bond acceptors (Lipinski definition) is 5. The molecule has 0 bridgehead atoms. The van der Waals surface area contributed by atoms with Crippen LogP contribution in [0.4, 0.5) is 5.95 Å². The van der Waals surface area contributed by atoms with Gasteiger partial charge in [0, 0.05) is 25.9 Å². The van der Waals surface area contributed by atoms with Crippen LogP contribution >= 0.6 is 0 Å². The Morgan fingerprint density at radius 1 is 1.41 bits per heavy atom. The van der Waals surface area contributed by atoms with Crippen molar-refractivity contribution in [3.05, 3.63) is 0 Å². The number of carbonyl (C=O) groups excluding carboxylic acids is 1. The van der Waals surface area contributed by atoms with E-state index in [9.17, 15) is 4.79 Å². The molecule has 0 radical (unpaired) electrons. The van der Waals surface area contributed by atoms with Gasteiger partial charge in [-0.1, -0.05) is 5.10 Å². The summed E-state index contributed by atoms with van der Waals surface area (Å²) in [7, 11) is 0. The molecule has 3 rings (SSSR count). The monoisotopic (exact) mass is 302 g/mol. The van der Waals surface area contributed by atoms with Crippen LogP contribution in [0, 0.1) is 24.2 Å². The number of tetrazole rings is 1. The molecule has 1 aliphatic carbocycles. The molecule has 1 atom stereocenters. The third kappa shape index (κ3) is 3.06. The van der Waals surface area contributed by atoms with E-state index < -0.39 is 0 Å². The van der Waals surface area contributed by atoms with Crippen molar-refractivity contribution < 1.29 is 4.79 Å². The first-order valence-electron chi connectivity index (χ1n) is 7.92. The zero-order chi connectivity index (χ0) is 15.5. The van der Waals surface area contributed by atoms with Gasteiger partial charge in [0.05, 0.1) is 6.04 Å². The van der Waals surface area contributed by atoms with E-state index >= 15 is 0 Å². The van der Waals surface area contributed by atoms with Crippen molar-refractivity contribution in [1.29, 1.82) is 0 Å². The molecule has 1 saturated heterocycles. The summed E-state index contributed by atoms with van der Waals surface area (Å²) in [5, 5.41) is 12.2. The second kappa shape index (κ2) is 6.34. The summed E-state index contributed by atoms with van der Waals surface area (Å²) < 4.78 is 1.91. The van der Waals surface area contributed by atoms with E-state index in [0.717, 1.165) is 44.7 Å². The lowest BCUT2D eigenvalue weighted by molar-refractivity contribution is -0.119. The van der Waals surface area contributed by atoms with Crippen LogP contribution in [0.25, 0.3) is 0 Å². The van der Waals surface area contributed by atoms with Crippen LogP contribution in [0.1, 0.15) is 44.6 Å². The summed E-state index contributed by atoms with van der Waals surface area (Å²) in [5.74, 6) is 4.26. The van der Waals surface area contributed by atoms with Gasteiger partial charge in [0.25, 0.3) is 0 Å². The van der Waals surface area contributed by atoms with Crippen molar-refractivity contribution in [2.75, 3.05) is 18.0 Å². The number of terminal acetylenes is 1. The molecule has 118 valence electrons. The Morgan fingerprint density at radius 3 is 2.95 bits per heavy atom. The average molecular weight is 302 g/mol. The van der Waals surface area contributed by atoms with Crippen LogP contribution < -0.4 is 10.6 Å². The molecule has 1 aliphatic heterocycles. The summed E-state index contributed by atoms with van der Waals surface area (Å²) >= 11 is 0. The number of anilines is 1. The van der Waals surface area contributed by atoms with Gasteiger partial charge in [-0.3, -0.25) is 4.79 Å². The Hall–Kier alpha value is -2.10. The third-order valence-corrected chi connectivity index (χ3v) is 4.73. The fourth-order valence-corrected chi connectivity index (χ4v) is 3.56. The molecular formula is C15H22N6O. The predicted octanol–water partition coefficient (Wildman–Crippen LogP) is 0.739. The summed E-state index contributed by atoms with van der Waals surface area (Å²) in [4.78, 5) is 13.2. The minimum absolute atomic E-state index is 0.228. The SMILES string of the molecule is C#CCC1CCCN(c2nnnn2C2CC(CC(N)=O)C2)C1. The number of rotatable bonds is 5. The molecule has 7 nitrogen and oxygen atoms in total. The van der Waals surface area contributed by atoms with Gasteiger partial charge in [-0.25, -0.2) is 4.68 Å². The maximum Gasteiger partial charge on any atom is 0.245 e. The van der Waals surface area contributed by atoms with E-state index in [2.05, 4.69) is 26.3 Å². The van der Waals surface area contributed by atoms with Crippen LogP contribution in [0.15, 0.2) is 0 Å². The lowest BCUT2D eigenvalue weighted by Crippen LogP contribution is -2.39. The van der Waals surface area contributed by atoms with E-state index in [0.29, 0.717) is 18.3 Å². The number of piperidine rings is 1. The van der Waals surface area contributed by atoms with Crippen LogP contribution in [-0.4, -0.2) is 39.2 Å². The highest BCUT2D eigenvalue weighted by atomic mass is 16.1. The second-order valence-corrected chi connectivity index (χ2v) is 6.45. The summed E-state index contributed by atoms with van der Waals surface area (Å²) in [6, 6.07) is 0.280. The molecule has 1 aromatic heterocycles. The number of primary amides is 1. The molecule has 0 aromatic carbocycles. The highest BCUT2D eigenvalue weighted by molar-refractivity contribution is 5.74. The van der Waals surface area contributed by atoms with E-state index in [-0.39, 0.29) is 11.9 Å². The molecule has 0 spiro atoms. The molecule has 2 N–H and O–H groups in total. The zero-order valence-corrected chi connectivity index (χ0v) is 12.7. The van der Waals surface area contributed by atoms with Crippen LogP contribution in [0.2, 0.25) is 0 Å². The lowest BCUT2D eigenvalue weighted by Gasteiger charge is -2.37. The lowest BCUT2D eigenvalue weighted by atomic mass is 9.78. The summed E-state index contributed by atoms with van der Waals surface area (Å²) in [6.45, 7) is 1.89. The molecule has 1 saturated carbocycles. The van der Waals surface area contributed by atoms with Gasteiger partial charge in [-0.05, 0) is 47.9 Å². The average Bonchev–Trinajstić information content (AvgIpc) is 2.91. The van der Waals surface area contributed by atoms with Crippen LogP contribution in [0.5, 0.6) is 0 Å². The number of carbonyl (C=O) groups is 1. The van der Waals surface area contributed by atoms with Gasteiger partial charge < -0.3 is 10.6 Å². The van der Waals surface area contributed by atoms with E-state index in [1.54, 1.807) is 0 Å². The van der Waals surface area contributed by atoms with E-state index in [1.807, 2.05) is 4.68 Å². The van der Waals surface area contributed by atoms with Crippen molar-refractivity contribution >= 4 is 11.9 Å². The molecule has 2 fully saturated rings. The summed E-state index contributed by atoms with van der Waals surface area (Å²) in [6.07, 6.45) is 10.8. The second-order valence-electron chi connectivity index (χ2n) is 6.45. The van der Waals surface area contributed by atoms with Crippen molar-refractivity contribution in [1.82, 2.24) is 20.2 Å². The standard InChI is InChI=1S/C15H22N6O/c1-2-4-11-5-3-6-20(10-11)15-17-18-19-21(15)13-7-12(8-13)9-14(16)22/h1,11-13H,3-10H2,(H2,16,22). The fraction of sp³-hybridized carbons (Fsp3) is 0.733. The molecule has 1 amide bonds. The highest BCUT2D eigenvalue weighted by Crippen LogP contribution is 2.40. The third-order valence-electron chi connectivity index (χ3n) is 4.73. The maximum absolute atomic E-state index is 11.0. The zero-order valence-electron chi connectivity index (χ0n) is 12.7. The largest absolute Gasteiger partial charge is 0.370 e. The molecule has 1 aromatic rings. The van der Waals surface area contributed by atoms with Gasteiger partial charge in [0.1, 0.15) is 0 Å². The number of aromatic nitrogens is 4. The Balaban J connectivity index is 1.63. The smallest absolute Gasteiger partial charge is 0.245 e. The first-order chi connectivity index (χ1) is 10.7. The van der Waals surface area contributed by atoms with Gasteiger partial charge in [0.15, 0.2) is 0 Å². The molecule has 7 heteroatoms. The van der Waals surface area contributed by atoms with Crippen molar-refractivity contribution in [3.8, 4) is 12.3 Å². The first-order valence-corrected chi connectivity index (χ1v) is 7.92. The maximum atomic E-state index is 11.0. The molecule has 22 heavy (non-hydrogen) atoms. The van der Waals surface area contributed by atoms with Crippen molar-refractivity contribution in [3.63, 3.8) is 0 Å². The molecular weight excluding hydrogens is 280 g/mol. The number of amides is 1.